The molecule has 0 bridgehead atoms. The monoisotopic (exact) mass is 341 g/mol. The molecule has 2 aromatic rings. The molecule has 0 N–H and O–H groups in total. The minimum absolute atomic E-state index is 0.0876. The van der Waals surface area contributed by atoms with E-state index in [2.05, 4.69) is 4.74 Å². The van der Waals surface area contributed by atoms with Crippen molar-refractivity contribution in [2.45, 2.75) is 4.90 Å². The van der Waals surface area contributed by atoms with Crippen LogP contribution in [0.25, 0.3) is 0 Å². The predicted octanol–water partition coefficient (Wildman–Crippen LogP) is 3.42. The van der Waals surface area contributed by atoms with E-state index < -0.39 is 22.8 Å². The summed E-state index contributed by atoms with van der Waals surface area (Å²) >= 11 is 5.75. The van der Waals surface area contributed by atoms with Crippen LogP contribution in [0.3, 0.4) is 0 Å². The van der Waals surface area contributed by atoms with Crippen molar-refractivity contribution < 1.29 is 18.1 Å². The Hall–Kier alpha value is -1.92. The second-order valence-corrected chi connectivity index (χ2v) is 6.23. The molecule has 4 nitrogen and oxygen atoms in total. The molecule has 0 heterocycles. The van der Waals surface area contributed by atoms with Gasteiger partial charge < -0.3 is 4.74 Å². The number of nitrogens with zero attached hydrogens (tertiary/aromatic N) is 1. The molecule has 22 heavy (non-hydrogen) atoms. The van der Waals surface area contributed by atoms with E-state index in [4.69, 9.17) is 11.6 Å². The molecule has 0 saturated heterocycles. The maximum Gasteiger partial charge on any atom is 0.339 e. The molecule has 2 aromatic carbocycles. The topological polar surface area (TPSA) is 46.6 Å². The molecule has 0 spiro atoms. The van der Waals surface area contributed by atoms with Crippen LogP contribution in [0, 0.1) is 5.82 Å². The lowest BCUT2D eigenvalue weighted by Crippen LogP contribution is -2.22. The van der Waals surface area contributed by atoms with Crippen LogP contribution in [0.2, 0.25) is 5.02 Å². The van der Waals surface area contributed by atoms with Crippen LogP contribution in [-0.2, 0) is 15.7 Å². The fourth-order valence-corrected chi connectivity index (χ4v) is 3.21. The molecular formula is C15H13ClFNO3S. The zero-order valence-electron chi connectivity index (χ0n) is 11.9. The molecule has 0 amide bonds. The van der Waals surface area contributed by atoms with Crippen molar-refractivity contribution in [2.75, 3.05) is 18.5 Å². The largest absolute Gasteiger partial charge is 0.465 e. The predicted molar refractivity (Wildman–Crippen MR) is 84.0 cm³/mol. The van der Waals surface area contributed by atoms with E-state index in [1.807, 2.05) is 6.07 Å². The zero-order valence-corrected chi connectivity index (χ0v) is 13.5. The number of ether oxygens (including phenoxy) is 1. The SMILES string of the molecule is COC(=O)c1cc(F)c(Cl)cc1S(=O)N(C)c1ccccc1. The third-order valence-corrected chi connectivity index (χ3v) is 4.70. The lowest BCUT2D eigenvalue weighted by atomic mass is 10.2. The Morgan fingerprint density at radius 1 is 1.27 bits per heavy atom. The van der Waals surface area contributed by atoms with Gasteiger partial charge in [0.1, 0.15) is 5.82 Å². The zero-order chi connectivity index (χ0) is 16.3. The van der Waals surface area contributed by atoms with E-state index in [1.54, 1.807) is 31.3 Å². The normalized spacial score (nSPS) is 11.8. The first kappa shape index (κ1) is 16.5. The number of benzene rings is 2. The Kier molecular flexibility index (Phi) is 5.15. The molecule has 0 aliphatic heterocycles. The molecule has 0 aliphatic carbocycles. The van der Waals surface area contributed by atoms with E-state index in [0.717, 1.165) is 6.07 Å². The average molecular weight is 342 g/mol. The first-order chi connectivity index (χ1) is 10.5. The summed E-state index contributed by atoms with van der Waals surface area (Å²) < 4.78 is 32.3. The highest BCUT2D eigenvalue weighted by Crippen LogP contribution is 2.26. The van der Waals surface area contributed by atoms with Crippen LogP contribution in [0.15, 0.2) is 47.4 Å². The van der Waals surface area contributed by atoms with Crippen LogP contribution < -0.4 is 4.31 Å². The van der Waals surface area contributed by atoms with Crippen LogP contribution in [-0.4, -0.2) is 24.3 Å². The number of methoxy groups -OCH3 is 1. The summed E-state index contributed by atoms with van der Waals surface area (Å²) in [5.74, 6) is -1.55. The number of hydrogen-bond acceptors (Lipinski definition) is 3. The summed E-state index contributed by atoms with van der Waals surface area (Å²) in [6, 6.07) is 11.1. The molecule has 1 unspecified atom stereocenters. The van der Waals surface area contributed by atoms with Crippen LogP contribution in [0.5, 0.6) is 0 Å². The Morgan fingerprint density at radius 3 is 2.50 bits per heavy atom. The fraction of sp³-hybridized carbons (Fsp3) is 0.133. The molecule has 2 rings (SSSR count). The van der Waals surface area contributed by atoms with Gasteiger partial charge in [-0.2, -0.15) is 0 Å². The first-order valence-corrected chi connectivity index (χ1v) is 7.72. The Morgan fingerprint density at radius 2 is 1.91 bits per heavy atom. The number of carbonyl (C=O) groups is 1. The van der Waals surface area contributed by atoms with Gasteiger partial charge in [0.2, 0.25) is 0 Å². The van der Waals surface area contributed by atoms with E-state index in [1.165, 1.54) is 17.5 Å². The van der Waals surface area contributed by atoms with Crippen molar-refractivity contribution in [2.24, 2.45) is 0 Å². The maximum absolute atomic E-state index is 13.6. The Bertz CT molecular complexity index is 724. The van der Waals surface area contributed by atoms with Crippen molar-refractivity contribution in [3.8, 4) is 0 Å². The smallest absolute Gasteiger partial charge is 0.339 e. The number of rotatable bonds is 4. The highest BCUT2D eigenvalue weighted by molar-refractivity contribution is 7.86. The maximum atomic E-state index is 13.6. The minimum Gasteiger partial charge on any atom is -0.465 e. The van der Waals surface area contributed by atoms with Crippen LogP contribution >= 0.6 is 11.6 Å². The summed E-state index contributed by atoms with van der Waals surface area (Å²) in [6.45, 7) is 0. The highest BCUT2D eigenvalue weighted by atomic mass is 35.5. The van der Waals surface area contributed by atoms with Gasteiger partial charge in [-0.15, -0.1) is 0 Å². The van der Waals surface area contributed by atoms with Crippen LogP contribution in [0.1, 0.15) is 10.4 Å². The van der Waals surface area contributed by atoms with Gasteiger partial charge in [-0.25, -0.2) is 13.4 Å². The lowest BCUT2D eigenvalue weighted by molar-refractivity contribution is 0.0596. The summed E-state index contributed by atoms with van der Waals surface area (Å²) in [6.07, 6.45) is 0. The molecule has 1 atom stereocenters. The molecule has 0 saturated carbocycles. The van der Waals surface area contributed by atoms with Gasteiger partial charge in [0.05, 0.1) is 22.6 Å². The van der Waals surface area contributed by atoms with Gasteiger partial charge in [0.15, 0.2) is 11.0 Å². The number of esters is 1. The fourth-order valence-electron chi connectivity index (χ4n) is 1.82. The summed E-state index contributed by atoms with van der Waals surface area (Å²) in [5, 5.41) is -0.211. The Balaban J connectivity index is 2.49. The Labute approximate surface area is 135 Å². The summed E-state index contributed by atoms with van der Waals surface area (Å²) in [4.78, 5) is 11.9. The van der Waals surface area contributed by atoms with E-state index in [9.17, 15) is 13.4 Å². The third kappa shape index (κ3) is 3.28. The van der Waals surface area contributed by atoms with E-state index >= 15 is 0 Å². The van der Waals surface area contributed by atoms with Gasteiger partial charge >= 0.3 is 5.97 Å². The number of halogens is 2. The number of anilines is 1. The lowest BCUT2D eigenvalue weighted by Gasteiger charge is -2.19. The van der Waals surface area contributed by atoms with Gasteiger partial charge in [-0.1, -0.05) is 29.8 Å². The molecule has 0 aliphatic rings. The van der Waals surface area contributed by atoms with Gasteiger partial charge in [-0.3, -0.25) is 4.31 Å². The van der Waals surface area contributed by atoms with Crippen molar-refractivity contribution >= 4 is 34.2 Å². The van der Waals surface area contributed by atoms with E-state index in [-0.39, 0.29) is 15.5 Å². The van der Waals surface area contributed by atoms with E-state index in [0.29, 0.717) is 5.69 Å². The minimum atomic E-state index is -1.75. The van der Waals surface area contributed by atoms with Gasteiger partial charge in [0.25, 0.3) is 0 Å². The molecular weight excluding hydrogens is 329 g/mol. The second kappa shape index (κ2) is 6.89. The molecule has 0 radical (unpaired) electrons. The van der Waals surface area contributed by atoms with Gasteiger partial charge in [-0.05, 0) is 24.3 Å². The third-order valence-electron chi connectivity index (χ3n) is 2.98. The molecule has 0 aromatic heterocycles. The first-order valence-electron chi connectivity index (χ1n) is 6.23. The highest BCUT2D eigenvalue weighted by Gasteiger charge is 2.22. The summed E-state index contributed by atoms with van der Waals surface area (Å²) in [5.41, 5.74) is 0.558. The van der Waals surface area contributed by atoms with Crippen LogP contribution in [0.4, 0.5) is 10.1 Å². The quantitative estimate of drug-likeness (QED) is 0.800. The van der Waals surface area contributed by atoms with Crippen molar-refractivity contribution in [3.63, 3.8) is 0 Å². The van der Waals surface area contributed by atoms with Crippen molar-refractivity contribution in [1.29, 1.82) is 0 Å². The number of para-hydroxylation sites is 1. The number of hydrogen-bond donors (Lipinski definition) is 0. The standard InChI is InChI=1S/C15H13ClFNO3S/c1-18(10-6-4-3-5-7-10)22(20)14-9-12(16)13(17)8-11(14)15(19)21-2/h3-9H,1-2H3. The molecule has 0 fully saturated rings. The van der Waals surface area contributed by atoms with Crippen molar-refractivity contribution in [3.05, 3.63) is 58.9 Å². The molecule has 7 heteroatoms. The average Bonchev–Trinajstić information content (AvgIpc) is 2.55. The van der Waals surface area contributed by atoms with Gasteiger partial charge in [0, 0.05) is 12.7 Å². The molecule has 116 valence electrons. The second-order valence-electron chi connectivity index (χ2n) is 4.34. The number of carbonyl (C=O) groups excluding carboxylic acids is 1. The van der Waals surface area contributed by atoms with Crippen molar-refractivity contribution in [1.82, 2.24) is 0 Å². The summed E-state index contributed by atoms with van der Waals surface area (Å²) in [7, 11) is 1.02.